The molecule has 0 atom stereocenters. The van der Waals surface area contributed by atoms with Gasteiger partial charge in [0.25, 0.3) is 0 Å². The molecule has 128 valence electrons. The largest absolute Gasteiger partial charge is 0.353 e. The van der Waals surface area contributed by atoms with Crippen LogP contribution in [0.2, 0.25) is 0 Å². The van der Waals surface area contributed by atoms with Crippen LogP contribution in [0.1, 0.15) is 20.8 Å². The molecule has 0 saturated heterocycles. The van der Waals surface area contributed by atoms with Crippen molar-refractivity contribution in [3.05, 3.63) is 42.5 Å². The minimum atomic E-state index is -0.121. The van der Waals surface area contributed by atoms with E-state index in [1.165, 1.54) is 0 Å². The minimum Gasteiger partial charge on any atom is -0.353 e. The molecular formula is C19H25N3O2. The molecule has 5 nitrogen and oxygen atoms in total. The average molecular weight is 327 g/mol. The van der Waals surface area contributed by atoms with Crippen molar-refractivity contribution in [2.45, 2.75) is 26.8 Å². The molecule has 24 heavy (non-hydrogen) atoms. The average Bonchev–Trinajstić information content (AvgIpc) is 2.53. The molecular weight excluding hydrogens is 302 g/mol. The highest BCUT2D eigenvalue weighted by molar-refractivity contribution is 5.95. The van der Waals surface area contributed by atoms with Crippen molar-refractivity contribution in [2.24, 2.45) is 0 Å². The molecule has 0 spiro atoms. The first-order chi connectivity index (χ1) is 11.5. The van der Waals surface area contributed by atoms with Gasteiger partial charge in [-0.1, -0.05) is 37.3 Å². The Kier molecular flexibility index (Phi) is 6.32. The molecule has 0 aliphatic rings. The number of amides is 2. The number of nitrogens with one attached hydrogen (secondary N) is 2. The van der Waals surface area contributed by atoms with Crippen LogP contribution in [0.3, 0.4) is 0 Å². The van der Waals surface area contributed by atoms with Gasteiger partial charge in [-0.3, -0.25) is 14.5 Å². The van der Waals surface area contributed by atoms with Crippen molar-refractivity contribution in [1.82, 2.24) is 10.2 Å². The molecule has 2 amide bonds. The molecule has 2 aromatic rings. The van der Waals surface area contributed by atoms with E-state index in [2.05, 4.69) is 10.6 Å². The minimum absolute atomic E-state index is 0.0645. The molecule has 0 aromatic heterocycles. The van der Waals surface area contributed by atoms with E-state index in [1.54, 1.807) is 0 Å². The number of likely N-dealkylation sites (N-methyl/N-ethyl adjacent to an activating group) is 1. The van der Waals surface area contributed by atoms with E-state index in [0.29, 0.717) is 6.54 Å². The highest BCUT2D eigenvalue weighted by atomic mass is 16.2. The van der Waals surface area contributed by atoms with Gasteiger partial charge in [0.1, 0.15) is 0 Å². The number of benzene rings is 2. The van der Waals surface area contributed by atoms with Crippen LogP contribution >= 0.6 is 0 Å². The van der Waals surface area contributed by atoms with Gasteiger partial charge in [0.15, 0.2) is 0 Å². The lowest BCUT2D eigenvalue weighted by molar-refractivity contribution is -0.123. The zero-order valence-electron chi connectivity index (χ0n) is 14.5. The Labute approximate surface area is 143 Å². The first-order valence-corrected chi connectivity index (χ1v) is 8.28. The molecule has 0 aliphatic heterocycles. The monoisotopic (exact) mass is 327 g/mol. The van der Waals surface area contributed by atoms with E-state index in [-0.39, 0.29) is 30.9 Å². The van der Waals surface area contributed by atoms with Gasteiger partial charge < -0.3 is 10.6 Å². The normalized spacial score (nSPS) is 11.0. The summed E-state index contributed by atoms with van der Waals surface area (Å²) in [6.45, 7) is 6.82. The Morgan fingerprint density at radius 2 is 1.67 bits per heavy atom. The molecule has 5 heteroatoms. The van der Waals surface area contributed by atoms with E-state index in [9.17, 15) is 9.59 Å². The quantitative estimate of drug-likeness (QED) is 0.822. The molecule has 2 N–H and O–H groups in total. The van der Waals surface area contributed by atoms with Gasteiger partial charge in [0.05, 0.1) is 13.1 Å². The maximum Gasteiger partial charge on any atom is 0.238 e. The third-order valence-electron chi connectivity index (χ3n) is 3.66. The molecule has 2 rings (SSSR count). The van der Waals surface area contributed by atoms with Crippen LogP contribution in [0.5, 0.6) is 0 Å². The van der Waals surface area contributed by atoms with E-state index in [4.69, 9.17) is 0 Å². The van der Waals surface area contributed by atoms with Gasteiger partial charge >= 0.3 is 0 Å². The second-order valence-electron chi connectivity index (χ2n) is 6.14. The second-order valence-corrected chi connectivity index (χ2v) is 6.14. The van der Waals surface area contributed by atoms with Crippen molar-refractivity contribution in [3.63, 3.8) is 0 Å². The molecule has 2 aromatic carbocycles. The smallest absolute Gasteiger partial charge is 0.238 e. The van der Waals surface area contributed by atoms with Gasteiger partial charge in [-0.05, 0) is 43.3 Å². The van der Waals surface area contributed by atoms with Crippen LogP contribution in [0.4, 0.5) is 5.69 Å². The third-order valence-corrected chi connectivity index (χ3v) is 3.66. The van der Waals surface area contributed by atoms with Crippen molar-refractivity contribution >= 4 is 28.3 Å². The van der Waals surface area contributed by atoms with E-state index >= 15 is 0 Å². The first-order valence-electron chi connectivity index (χ1n) is 8.28. The van der Waals surface area contributed by atoms with Crippen molar-refractivity contribution in [3.8, 4) is 0 Å². The Hall–Kier alpha value is -2.40. The Bertz CT molecular complexity index is 713. The highest BCUT2D eigenvalue weighted by Gasteiger charge is 2.13. The summed E-state index contributed by atoms with van der Waals surface area (Å²) in [5.41, 5.74) is 0.765. The Morgan fingerprint density at radius 1 is 1.00 bits per heavy atom. The molecule has 0 fully saturated rings. The predicted octanol–water partition coefficient (Wildman–Crippen LogP) is 2.62. The summed E-state index contributed by atoms with van der Waals surface area (Å²) in [6, 6.07) is 13.9. The van der Waals surface area contributed by atoms with Gasteiger partial charge in [-0.15, -0.1) is 0 Å². The number of nitrogens with zero attached hydrogens (tertiary/aromatic N) is 1. The summed E-state index contributed by atoms with van der Waals surface area (Å²) in [4.78, 5) is 25.9. The number of rotatable bonds is 7. The lowest BCUT2D eigenvalue weighted by atomic mass is 10.1. The van der Waals surface area contributed by atoms with Gasteiger partial charge in [-0.2, -0.15) is 0 Å². The van der Waals surface area contributed by atoms with E-state index in [1.807, 2.05) is 68.1 Å². The Morgan fingerprint density at radius 3 is 2.33 bits per heavy atom. The number of anilines is 1. The van der Waals surface area contributed by atoms with Crippen LogP contribution in [-0.4, -0.2) is 42.4 Å². The summed E-state index contributed by atoms with van der Waals surface area (Å²) in [5, 5.41) is 7.96. The summed E-state index contributed by atoms with van der Waals surface area (Å²) in [6.07, 6.45) is 0. The number of hydrogen-bond donors (Lipinski definition) is 2. The number of carbonyl (C=O) groups is 2. The summed E-state index contributed by atoms with van der Waals surface area (Å²) in [7, 11) is 0. The SMILES string of the molecule is CCN(CC(=O)Nc1ccc2ccccc2c1)CC(=O)NC(C)C. The summed E-state index contributed by atoms with van der Waals surface area (Å²) in [5.74, 6) is -0.185. The first kappa shape index (κ1) is 17.9. The zero-order valence-corrected chi connectivity index (χ0v) is 14.5. The van der Waals surface area contributed by atoms with Crippen molar-refractivity contribution in [2.75, 3.05) is 25.0 Å². The summed E-state index contributed by atoms with van der Waals surface area (Å²) < 4.78 is 0. The zero-order chi connectivity index (χ0) is 17.5. The van der Waals surface area contributed by atoms with Gasteiger partial charge in [0.2, 0.25) is 11.8 Å². The lowest BCUT2D eigenvalue weighted by Gasteiger charge is -2.20. The fraction of sp³-hybridized carbons (Fsp3) is 0.368. The van der Waals surface area contributed by atoms with Crippen molar-refractivity contribution in [1.29, 1.82) is 0 Å². The molecule has 0 heterocycles. The standard InChI is InChI=1S/C19H25N3O2/c1-4-22(12-18(23)20-14(2)3)13-19(24)21-17-10-9-15-7-5-6-8-16(15)11-17/h5-11,14H,4,12-13H2,1-3H3,(H,20,23)(H,21,24). The highest BCUT2D eigenvalue weighted by Crippen LogP contribution is 2.18. The van der Waals surface area contributed by atoms with Crippen LogP contribution in [0, 0.1) is 0 Å². The van der Waals surface area contributed by atoms with E-state index < -0.39 is 0 Å². The van der Waals surface area contributed by atoms with E-state index in [0.717, 1.165) is 16.5 Å². The third kappa shape index (κ3) is 5.35. The number of hydrogen-bond acceptors (Lipinski definition) is 3. The van der Waals surface area contributed by atoms with Crippen LogP contribution < -0.4 is 10.6 Å². The lowest BCUT2D eigenvalue weighted by Crippen LogP contribution is -2.42. The summed E-state index contributed by atoms with van der Waals surface area (Å²) >= 11 is 0. The molecule has 0 aliphatic carbocycles. The van der Waals surface area contributed by atoms with Crippen LogP contribution in [0.15, 0.2) is 42.5 Å². The predicted molar refractivity (Wildman–Crippen MR) is 98.0 cm³/mol. The molecule has 0 saturated carbocycles. The fourth-order valence-corrected chi connectivity index (χ4v) is 2.52. The van der Waals surface area contributed by atoms with Crippen LogP contribution in [-0.2, 0) is 9.59 Å². The topological polar surface area (TPSA) is 61.4 Å². The van der Waals surface area contributed by atoms with Crippen LogP contribution in [0.25, 0.3) is 10.8 Å². The molecule has 0 bridgehead atoms. The second kappa shape index (κ2) is 8.45. The number of carbonyl (C=O) groups excluding carboxylic acids is 2. The Balaban J connectivity index is 1.93. The maximum atomic E-state index is 12.2. The molecule has 0 unspecified atom stereocenters. The fourth-order valence-electron chi connectivity index (χ4n) is 2.52. The molecule has 0 radical (unpaired) electrons. The number of fused-ring (bicyclic) bond motifs is 1. The van der Waals surface area contributed by atoms with Gasteiger partial charge in [-0.25, -0.2) is 0 Å². The van der Waals surface area contributed by atoms with Crippen molar-refractivity contribution < 1.29 is 9.59 Å². The van der Waals surface area contributed by atoms with Gasteiger partial charge in [0, 0.05) is 11.7 Å². The maximum absolute atomic E-state index is 12.2.